The first-order chi connectivity index (χ1) is 13.9. The van der Waals surface area contributed by atoms with Crippen molar-refractivity contribution in [2.75, 3.05) is 4.72 Å². The molecule has 0 saturated carbocycles. The average Bonchev–Trinajstić information content (AvgIpc) is 2.65. The SMILES string of the molecule is Cc1ccc(NS(=O)(=O)c2cccc(Br)c2)c(=O)n1C(C(N)=O)C(C)ON=C(N)N. The second-order valence-electron chi connectivity index (χ2n) is 6.30. The summed E-state index contributed by atoms with van der Waals surface area (Å²) in [7, 11) is -4.07. The number of primary amides is 1. The number of aromatic nitrogens is 1. The van der Waals surface area contributed by atoms with E-state index in [9.17, 15) is 18.0 Å². The number of nitrogens with two attached hydrogens (primary N) is 3. The molecule has 13 heteroatoms. The molecule has 1 aromatic carbocycles. The van der Waals surface area contributed by atoms with E-state index in [4.69, 9.17) is 22.0 Å². The molecule has 0 aliphatic rings. The zero-order valence-corrected chi connectivity index (χ0v) is 18.5. The molecule has 0 spiro atoms. The first kappa shape index (κ1) is 23.2. The summed E-state index contributed by atoms with van der Waals surface area (Å²) in [6, 6.07) is 7.40. The number of aryl methyl sites for hydroxylation is 1. The highest BCUT2D eigenvalue weighted by Crippen LogP contribution is 2.20. The van der Waals surface area contributed by atoms with Gasteiger partial charge in [-0.05, 0) is 49.3 Å². The monoisotopic (exact) mass is 500 g/mol. The lowest BCUT2D eigenvalue weighted by atomic mass is 10.1. The summed E-state index contributed by atoms with van der Waals surface area (Å²) in [4.78, 5) is 30.1. The molecular formula is C17H21BrN6O5S. The number of nitrogens with one attached hydrogen (secondary N) is 1. The third kappa shape index (κ3) is 5.30. The van der Waals surface area contributed by atoms with Crippen molar-refractivity contribution in [2.45, 2.75) is 30.9 Å². The van der Waals surface area contributed by atoms with Crippen molar-refractivity contribution in [1.29, 1.82) is 0 Å². The third-order valence-electron chi connectivity index (χ3n) is 4.01. The van der Waals surface area contributed by atoms with E-state index in [-0.39, 0.29) is 16.5 Å². The Hall–Kier alpha value is -3.06. The maximum atomic E-state index is 13.0. The smallest absolute Gasteiger partial charge is 0.275 e. The molecule has 2 atom stereocenters. The largest absolute Gasteiger partial charge is 0.387 e. The van der Waals surface area contributed by atoms with Crippen LogP contribution >= 0.6 is 15.9 Å². The average molecular weight is 501 g/mol. The van der Waals surface area contributed by atoms with Crippen LogP contribution in [-0.2, 0) is 19.7 Å². The van der Waals surface area contributed by atoms with Crippen molar-refractivity contribution in [3.63, 3.8) is 0 Å². The Morgan fingerprint density at radius 1 is 1.23 bits per heavy atom. The molecule has 1 heterocycles. The lowest BCUT2D eigenvalue weighted by Crippen LogP contribution is -2.42. The number of hydrogen-bond acceptors (Lipinski definition) is 6. The Morgan fingerprint density at radius 3 is 2.47 bits per heavy atom. The first-order valence-electron chi connectivity index (χ1n) is 8.48. The van der Waals surface area contributed by atoms with E-state index in [2.05, 4.69) is 25.8 Å². The van der Waals surface area contributed by atoms with Crippen molar-refractivity contribution in [3.05, 3.63) is 56.9 Å². The zero-order chi connectivity index (χ0) is 22.6. The van der Waals surface area contributed by atoms with Gasteiger partial charge in [-0.15, -0.1) is 0 Å². The van der Waals surface area contributed by atoms with E-state index >= 15 is 0 Å². The predicted octanol–water partition coefficient (Wildman–Crippen LogP) is 0.340. The molecule has 162 valence electrons. The number of hydrogen-bond donors (Lipinski definition) is 4. The van der Waals surface area contributed by atoms with Crippen LogP contribution < -0.4 is 27.5 Å². The molecule has 0 radical (unpaired) electrons. The van der Waals surface area contributed by atoms with E-state index < -0.39 is 33.6 Å². The van der Waals surface area contributed by atoms with Crippen LogP contribution in [0.1, 0.15) is 18.7 Å². The summed E-state index contributed by atoms with van der Waals surface area (Å²) in [6.07, 6.45) is -1.03. The number of carbonyl (C=O) groups excluding carboxylic acids is 1. The Balaban J connectivity index is 2.51. The van der Waals surface area contributed by atoms with Crippen molar-refractivity contribution in [2.24, 2.45) is 22.4 Å². The van der Waals surface area contributed by atoms with Crippen molar-refractivity contribution < 1.29 is 18.0 Å². The lowest BCUT2D eigenvalue weighted by molar-refractivity contribution is -0.125. The van der Waals surface area contributed by atoms with Crippen LogP contribution in [0.2, 0.25) is 0 Å². The molecule has 30 heavy (non-hydrogen) atoms. The van der Waals surface area contributed by atoms with E-state index in [0.29, 0.717) is 10.2 Å². The Kier molecular flexibility index (Phi) is 7.10. The van der Waals surface area contributed by atoms with Gasteiger partial charge in [-0.1, -0.05) is 22.0 Å². The molecule has 2 rings (SSSR count). The molecule has 2 aromatic rings. The van der Waals surface area contributed by atoms with Crippen LogP contribution in [0.25, 0.3) is 0 Å². The number of nitrogens with zero attached hydrogens (tertiary/aromatic N) is 2. The number of halogens is 1. The lowest BCUT2D eigenvalue weighted by Gasteiger charge is -2.24. The number of guanidine groups is 1. The number of oxime groups is 1. The minimum absolute atomic E-state index is 0.0562. The van der Waals surface area contributed by atoms with Crippen LogP contribution in [0, 0.1) is 6.92 Å². The fourth-order valence-corrected chi connectivity index (χ4v) is 4.33. The molecule has 7 N–H and O–H groups in total. The molecule has 2 unspecified atom stereocenters. The van der Waals surface area contributed by atoms with Crippen LogP contribution in [0.15, 0.2) is 55.7 Å². The van der Waals surface area contributed by atoms with Crippen LogP contribution in [0.4, 0.5) is 5.69 Å². The molecule has 0 aliphatic carbocycles. The van der Waals surface area contributed by atoms with Crippen molar-refractivity contribution in [3.8, 4) is 0 Å². The van der Waals surface area contributed by atoms with Gasteiger partial charge in [0.15, 0.2) is 12.1 Å². The number of carbonyl (C=O) groups is 1. The Labute approximate surface area is 181 Å². The fraction of sp³-hybridized carbons (Fsp3) is 0.235. The van der Waals surface area contributed by atoms with E-state index in [1.54, 1.807) is 13.0 Å². The second-order valence-corrected chi connectivity index (χ2v) is 8.90. The number of amides is 1. The van der Waals surface area contributed by atoms with Gasteiger partial charge >= 0.3 is 0 Å². The van der Waals surface area contributed by atoms with Gasteiger partial charge in [0.05, 0.1) is 4.90 Å². The molecule has 0 saturated heterocycles. The molecule has 0 aliphatic heterocycles. The van der Waals surface area contributed by atoms with Gasteiger partial charge in [0, 0.05) is 10.2 Å². The maximum absolute atomic E-state index is 13.0. The second kappa shape index (κ2) is 9.17. The third-order valence-corrected chi connectivity index (χ3v) is 5.87. The van der Waals surface area contributed by atoms with Crippen molar-refractivity contribution >= 4 is 43.5 Å². The van der Waals surface area contributed by atoms with E-state index in [1.807, 2.05) is 0 Å². The number of rotatable bonds is 8. The maximum Gasteiger partial charge on any atom is 0.275 e. The van der Waals surface area contributed by atoms with Gasteiger partial charge in [0.2, 0.25) is 11.9 Å². The quantitative estimate of drug-likeness (QED) is 0.228. The summed E-state index contributed by atoms with van der Waals surface area (Å²) in [5, 5.41) is 3.38. The summed E-state index contributed by atoms with van der Waals surface area (Å²) < 4.78 is 29.2. The summed E-state index contributed by atoms with van der Waals surface area (Å²) in [6.45, 7) is 2.99. The number of benzene rings is 1. The molecule has 1 amide bonds. The first-order valence-corrected chi connectivity index (χ1v) is 10.8. The highest BCUT2D eigenvalue weighted by Gasteiger charge is 2.30. The predicted molar refractivity (Wildman–Crippen MR) is 115 cm³/mol. The normalized spacial score (nSPS) is 13.2. The molecule has 11 nitrogen and oxygen atoms in total. The Morgan fingerprint density at radius 2 is 1.90 bits per heavy atom. The summed E-state index contributed by atoms with van der Waals surface area (Å²) in [5.41, 5.74) is 15.2. The highest BCUT2D eigenvalue weighted by atomic mass is 79.9. The molecular weight excluding hydrogens is 480 g/mol. The van der Waals surface area contributed by atoms with Gasteiger partial charge in [0.25, 0.3) is 15.6 Å². The van der Waals surface area contributed by atoms with E-state index in [0.717, 1.165) is 4.57 Å². The van der Waals surface area contributed by atoms with Gasteiger partial charge in [0.1, 0.15) is 5.69 Å². The van der Waals surface area contributed by atoms with E-state index in [1.165, 1.54) is 37.3 Å². The van der Waals surface area contributed by atoms with Gasteiger partial charge in [-0.2, -0.15) is 0 Å². The van der Waals surface area contributed by atoms with Gasteiger partial charge in [-0.3, -0.25) is 18.9 Å². The topological polar surface area (TPSA) is 185 Å². The molecule has 0 bridgehead atoms. The number of pyridine rings is 1. The zero-order valence-electron chi connectivity index (χ0n) is 16.1. The number of sulfonamides is 1. The summed E-state index contributed by atoms with van der Waals surface area (Å²) in [5.74, 6) is -1.28. The van der Waals surface area contributed by atoms with Gasteiger partial charge in [-0.25, -0.2) is 8.42 Å². The molecule has 0 fully saturated rings. The van der Waals surface area contributed by atoms with Crippen molar-refractivity contribution in [1.82, 2.24) is 4.57 Å². The molecule has 1 aromatic heterocycles. The van der Waals surface area contributed by atoms with Gasteiger partial charge < -0.3 is 22.0 Å². The standard InChI is InChI=1S/C17H21BrN6O5S/c1-9-6-7-13(23-30(27,28)12-5-3-4-11(18)8-12)16(26)24(9)14(15(19)25)10(2)29-22-17(20)21/h3-8,10,14,23H,1-2H3,(H2,19,25)(H4,20,21,22). The Bertz CT molecular complexity index is 1140. The number of anilines is 1. The van der Waals surface area contributed by atoms with Crippen LogP contribution in [0.3, 0.4) is 0 Å². The fourth-order valence-electron chi connectivity index (χ4n) is 2.68. The van der Waals surface area contributed by atoms with Crippen LogP contribution in [0.5, 0.6) is 0 Å². The minimum atomic E-state index is -4.07. The minimum Gasteiger partial charge on any atom is -0.387 e. The summed E-state index contributed by atoms with van der Waals surface area (Å²) >= 11 is 3.20. The van der Waals surface area contributed by atoms with Crippen LogP contribution in [-0.4, -0.2) is 31.0 Å². The highest BCUT2D eigenvalue weighted by molar-refractivity contribution is 9.10.